The highest BCUT2D eigenvalue weighted by molar-refractivity contribution is 5.81. The smallest absolute Gasteiger partial charge is 0.224 e. The minimum atomic E-state index is 0.213. The van der Waals surface area contributed by atoms with Gasteiger partial charge in [0.25, 0.3) is 0 Å². The summed E-state index contributed by atoms with van der Waals surface area (Å²) in [6.07, 6.45) is 6.37. The lowest BCUT2D eigenvalue weighted by atomic mass is 9.98. The first-order chi connectivity index (χ1) is 11.3. The minimum absolute atomic E-state index is 0.213. The molecule has 2 unspecified atom stereocenters. The summed E-state index contributed by atoms with van der Waals surface area (Å²) in [4.78, 5) is 18.5. The first kappa shape index (κ1) is 14.8. The molecule has 0 aliphatic carbocycles. The number of fused-ring (bicyclic) bond motifs is 1. The standard InChI is InChI=1S/C19H25N3O/c23-19(13-15-7-5-10-20-15)22-11-4-3-9-18(22)17-12-14-6-1-2-8-16(14)21-17/h1-2,6,8,12,15,18,20-21H,3-5,7,9-11,13H2. The lowest BCUT2D eigenvalue weighted by Gasteiger charge is -2.36. The van der Waals surface area contributed by atoms with Crippen molar-refractivity contribution >= 4 is 16.8 Å². The molecule has 1 aromatic carbocycles. The number of hydrogen-bond donors (Lipinski definition) is 2. The molecule has 0 bridgehead atoms. The summed E-state index contributed by atoms with van der Waals surface area (Å²) >= 11 is 0. The van der Waals surface area contributed by atoms with E-state index < -0.39 is 0 Å². The van der Waals surface area contributed by atoms with E-state index in [0.717, 1.165) is 37.9 Å². The molecule has 2 fully saturated rings. The van der Waals surface area contributed by atoms with Gasteiger partial charge in [0.2, 0.25) is 5.91 Å². The number of likely N-dealkylation sites (tertiary alicyclic amines) is 1. The van der Waals surface area contributed by atoms with Crippen LogP contribution in [0.15, 0.2) is 30.3 Å². The fourth-order valence-electron chi connectivity index (χ4n) is 4.09. The number of amides is 1. The van der Waals surface area contributed by atoms with E-state index in [1.54, 1.807) is 0 Å². The largest absolute Gasteiger partial charge is 0.357 e. The van der Waals surface area contributed by atoms with Crippen molar-refractivity contribution in [1.82, 2.24) is 15.2 Å². The van der Waals surface area contributed by atoms with Crippen molar-refractivity contribution in [1.29, 1.82) is 0 Å². The molecule has 2 saturated heterocycles. The number of nitrogens with one attached hydrogen (secondary N) is 2. The second kappa shape index (κ2) is 6.36. The van der Waals surface area contributed by atoms with Crippen molar-refractivity contribution in [2.75, 3.05) is 13.1 Å². The van der Waals surface area contributed by atoms with Crippen LogP contribution >= 0.6 is 0 Å². The van der Waals surface area contributed by atoms with Gasteiger partial charge in [-0.15, -0.1) is 0 Å². The maximum absolute atomic E-state index is 12.8. The second-order valence-corrected chi connectivity index (χ2v) is 6.91. The molecule has 1 aromatic heterocycles. The van der Waals surface area contributed by atoms with Crippen LogP contribution in [-0.4, -0.2) is 34.9 Å². The van der Waals surface area contributed by atoms with Gasteiger partial charge in [-0.05, 0) is 56.2 Å². The number of aromatic amines is 1. The minimum Gasteiger partial charge on any atom is -0.357 e. The van der Waals surface area contributed by atoms with Crippen molar-refractivity contribution in [3.05, 3.63) is 36.0 Å². The Kier molecular flexibility index (Phi) is 4.08. The molecule has 1 amide bonds. The molecular weight excluding hydrogens is 286 g/mol. The van der Waals surface area contributed by atoms with Gasteiger partial charge in [0.1, 0.15) is 0 Å². The van der Waals surface area contributed by atoms with E-state index in [1.807, 2.05) is 0 Å². The van der Waals surface area contributed by atoms with Gasteiger partial charge in [0, 0.05) is 30.2 Å². The third-order valence-corrected chi connectivity index (χ3v) is 5.32. The molecule has 23 heavy (non-hydrogen) atoms. The van der Waals surface area contributed by atoms with Crippen LogP contribution in [0.25, 0.3) is 10.9 Å². The highest BCUT2D eigenvalue weighted by Crippen LogP contribution is 2.33. The number of nitrogens with zero attached hydrogens (tertiary/aromatic N) is 1. The van der Waals surface area contributed by atoms with Gasteiger partial charge in [-0.25, -0.2) is 0 Å². The molecule has 4 nitrogen and oxygen atoms in total. The monoisotopic (exact) mass is 311 g/mol. The third-order valence-electron chi connectivity index (χ3n) is 5.32. The molecule has 4 rings (SSSR count). The fourth-order valence-corrected chi connectivity index (χ4v) is 4.09. The lowest BCUT2D eigenvalue weighted by Crippen LogP contribution is -2.41. The quantitative estimate of drug-likeness (QED) is 0.913. The number of hydrogen-bond acceptors (Lipinski definition) is 2. The van der Waals surface area contributed by atoms with Crippen LogP contribution in [0.4, 0.5) is 0 Å². The Balaban J connectivity index is 1.55. The topological polar surface area (TPSA) is 48.1 Å². The molecule has 0 spiro atoms. The first-order valence-electron chi connectivity index (χ1n) is 8.92. The van der Waals surface area contributed by atoms with Gasteiger partial charge in [-0.1, -0.05) is 18.2 Å². The number of rotatable bonds is 3. The Morgan fingerprint density at radius 2 is 2.09 bits per heavy atom. The molecule has 2 N–H and O–H groups in total. The average Bonchev–Trinajstić information content (AvgIpc) is 3.23. The van der Waals surface area contributed by atoms with E-state index in [9.17, 15) is 4.79 Å². The molecule has 0 saturated carbocycles. The second-order valence-electron chi connectivity index (χ2n) is 6.91. The van der Waals surface area contributed by atoms with E-state index in [0.29, 0.717) is 18.4 Å². The van der Waals surface area contributed by atoms with Gasteiger partial charge in [-0.3, -0.25) is 4.79 Å². The molecule has 0 radical (unpaired) electrons. The molecule has 2 aliphatic heterocycles. The van der Waals surface area contributed by atoms with E-state index in [2.05, 4.69) is 45.5 Å². The number of piperidine rings is 1. The Labute approximate surface area is 137 Å². The fraction of sp³-hybridized carbons (Fsp3) is 0.526. The average molecular weight is 311 g/mol. The predicted molar refractivity (Wildman–Crippen MR) is 92.2 cm³/mol. The Morgan fingerprint density at radius 3 is 2.91 bits per heavy atom. The zero-order chi connectivity index (χ0) is 15.6. The number of aromatic nitrogens is 1. The van der Waals surface area contributed by atoms with Crippen LogP contribution < -0.4 is 5.32 Å². The van der Waals surface area contributed by atoms with Gasteiger partial charge < -0.3 is 15.2 Å². The summed E-state index contributed by atoms with van der Waals surface area (Å²) in [5.74, 6) is 0.313. The molecular formula is C19H25N3O. The summed E-state index contributed by atoms with van der Waals surface area (Å²) in [7, 11) is 0. The maximum atomic E-state index is 12.8. The van der Waals surface area contributed by atoms with E-state index >= 15 is 0 Å². The number of carbonyl (C=O) groups excluding carboxylic acids is 1. The van der Waals surface area contributed by atoms with Gasteiger partial charge in [0.15, 0.2) is 0 Å². The normalized spacial score (nSPS) is 25.1. The number of H-pyrrole nitrogens is 1. The predicted octanol–water partition coefficient (Wildman–Crippen LogP) is 3.36. The van der Waals surface area contributed by atoms with E-state index in [-0.39, 0.29) is 6.04 Å². The van der Waals surface area contributed by atoms with Crippen molar-refractivity contribution in [2.24, 2.45) is 0 Å². The van der Waals surface area contributed by atoms with Crippen molar-refractivity contribution in [3.8, 4) is 0 Å². The van der Waals surface area contributed by atoms with Crippen LogP contribution in [0, 0.1) is 0 Å². The van der Waals surface area contributed by atoms with Gasteiger partial charge in [-0.2, -0.15) is 0 Å². The van der Waals surface area contributed by atoms with Crippen LogP contribution in [0.3, 0.4) is 0 Å². The molecule has 2 atom stereocenters. The molecule has 2 aromatic rings. The third kappa shape index (κ3) is 3.00. The SMILES string of the molecule is O=C(CC1CCCN1)N1CCCCC1c1cc2ccccc2[nH]1. The summed E-state index contributed by atoms with van der Waals surface area (Å²) in [5, 5.41) is 4.68. The van der Waals surface area contributed by atoms with Crippen molar-refractivity contribution in [3.63, 3.8) is 0 Å². The Hall–Kier alpha value is -1.81. The Bertz CT molecular complexity index is 654. The summed E-state index contributed by atoms with van der Waals surface area (Å²) in [5.41, 5.74) is 2.36. The zero-order valence-electron chi connectivity index (χ0n) is 13.6. The van der Waals surface area contributed by atoms with Crippen LogP contribution in [0.2, 0.25) is 0 Å². The Morgan fingerprint density at radius 1 is 1.17 bits per heavy atom. The summed E-state index contributed by atoms with van der Waals surface area (Å²) in [6, 6.07) is 11.2. The maximum Gasteiger partial charge on any atom is 0.224 e. The molecule has 3 heterocycles. The van der Waals surface area contributed by atoms with E-state index in [1.165, 1.54) is 23.9 Å². The number of para-hydroxylation sites is 1. The molecule has 122 valence electrons. The highest BCUT2D eigenvalue weighted by atomic mass is 16.2. The molecule has 4 heteroatoms. The molecule has 2 aliphatic rings. The summed E-state index contributed by atoms with van der Waals surface area (Å²) in [6.45, 7) is 1.95. The van der Waals surface area contributed by atoms with Crippen molar-refractivity contribution < 1.29 is 4.79 Å². The first-order valence-corrected chi connectivity index (χ1v) is 8.92. The van der Waals surface area contributed by atoms with E-state index in [4.69, 9.17) is 0 Å². The lowest BCUT2D eigenvalue weighted by molar-refractivity contribution is -0.135. The van der Waals surface area contributed by atoms with Gasteiger partial charge in [0.05, 0.1) is 6.04 Å². The zero-order valence-corrected chi connectivity index (χ0v) is 13.6. The number of benzene rings is 1. The summed E-state index contributed by atoms with van der Waals surface area (Å²) < 4.78 is 0. The van der Waals surface area contributed by atoms with Crippen LogP contribution in [0.5, 0.6) is 0 Å². The highest BCUT2D eigenvalue weighted by Gasteiger charge is 2.30. The number of carbonyl (C=O) groups is 1. The van der Waals surface area contributed by atoms with Crippen LogP contribution in [0.1, 0.15) is 50.3 Å². The van der Waals surface area contributed by atoms with Gasteiger partial charge >= 0.3 is 0 Å². The van der Waals surface area contributed by atoms with Crippen molar-refractivity contribution in [2.45, 2.75) is 50.6 Å². The van der Waals surface area contributed by atoms with Crippen LogP contribution in [-0.2, 0) is 4.79 Å².